The first-order valence-electron chi connectivity index (χ1n) is 9.58. The number of sulfonamides is 1. The van der Waals surface area contributed by atoms with E-state index in [0.717, 1.165) is 12.1 Å². The van der Waals surface area contributed by atoms with Crippen LogP contribution in [0.15, 0.2) is 48.5 Å². The van der Waals surface area contributed by atoms with Crippen molar-refractivity contribution in [1.29, 1.82) is 0 Å². The van der Waals surface area contributed by atoms with Gasteiger partial charge < -0.3 is 25.4 Å². The van der Waals surface area contributed by atoms with Crippen LogP contribution < -0.4 is 10.0 Å². The summed E-state index contributed by atoms with van der Waals surface area (Å²) in [6.45, 7) is -0.433. The minimum absolute atomic E-state index is 0.0561. The molecule has 14 heteroatoms. The quantitative estimate of drug-likeness (QED) is 0.266. The molecule has 4 amide bonds. The van der Waals surface area contributed by atoms with Gasteiger partial charge in [0.05, 0.1) is 6.54 Å². The summed E-state index contributed by atoms with van der Waals surface area (Å²) in [6, 6.07) is 8.69. The number of β-lactam (4-membered cyclic amide) rings is 1. The number of urea groups is 1. The molecule has 1 fully saturated rings. The molecular formula is C20H19N3O10S. The lowest BCUT2D eigenvalue weighted by Gasteiger charge is -2.36. The van der Waals surface area contributed by atoms with Crippen LogP contribution in [-0.4, -0.2) is 65.2 Å². The number of carboxylic acid groups (broad SMARTS) is 1. The molecule has 1 aliphatic heterocycles. The van der Waals surface area contributed by atoms with Crippen molar-refractivity contribution < 1.29 is 47.7 Å². The third kappa shape index (κ3) is 5.35. The largest absolute Gasteiger partial charge is 0.504 e. The number of imide groups is 1. The molecule has 0 bridgehead atoms. The maximum atomic E-state index is 12.5. The van der Waals surface area contributed by atoms with E-state index in [1.165, 1.54) is 4.72 Å². The van der Waals surface area contributed by atoms with Gasteiger partial charge in [-0.25, -0.2) is 22.7 Å². The van der Waals surface area contributed by atoms with Crippen LogP contribution in [-0.2, 0) is 31.0 Å². The van der Waals surface area contributed by atoms with Gasteiger partial charge in [-0.2, -0.15) is 0 Å². The molecule has 1 aliphatic rings. The summed E-state index contributed by atoms with van der Waals surface area (Å²) in [5.41, 5.74) is 0.262. The number of hydrogen-bond acceptors (Lipinski definition) is 9. The van der Waals surface area contributed by atoms with E-state index in [-0.39, 0.29) is 13.2 Å². The highest BCUT2D eigenvalue weighted by Gasteiger charge is 2.45. The van der Waals surface area contributed by atoms with Gasteiger partial charge in [-0.15, -0.1) is 0 Å². The number of aromatic hydroxyl groups is 2. The highest BCUT2D eigenvalue weighted by molar-refractivity contribution is 7.91. The number of amides is 4. The van der Waals surface area contributed by atoms with Crippen LogP contribution in [0.5, 0.6) is 11.5 Å². The molecule has 34 heavy (non-hydrogen) atoms. The zero-order valence-corrected chi connectivity index (χ0v) is 18.1. The lowest BCUT2D eigenvalue weighted by atomic mass is 10.1. The van der Waals surface area contributed by atoms with Gasteiger partial charge in [-0.1, -0.05) is 36.4 Å². The second-order valence-electron chi connectivity index (χ2n) is 7.13. The topological polar surface area (TPSA) is 200 Å². The molecule has 180 valence electrons. The second-order valence-corrected chi connectivity index (χ2v) is 8.89. The summed E-state index contributed by atoms with van der Waals surface area (Å²) in [6.07, 6.45) is -0.923. The fourth-order valence-corrected chi connectivity index (χ4v) is 4.26. The van der Waals surface area contributed by atoms with Gasteiger partial charge in [0.2, 0.25) is 5.25 Å². The van der Waals surface area contributed by atoms with Gasteiger partial charge in [-0.3, -0.25) is 14.5 Å². The zero-order valence-electron chi connectivity index (χ0n) is 17.2. The number of rotatable bonds is 7. The standard InChI is InChI=1S/C20H19N3O10S/c24-14-7-6-12(8-15(14)25)16(18(27)28)34(31,32)22-19(29)23-9-13(17(23)26)21-20(30)33-10-11-4-2-1-3-5-11/h1-8,13,16,24-25H,9-10H2,(H,21,30)(H,22,29)(H,27,28)/t13-,16?/m0/s1. The van der Waals surface area contributed by atoms with E-state index in [2.05, 4.69) is 5.32 Å². The molecule has 0 aliphatic carbocycles. The van der Waals surface area contributed by atoms with Gasteiger partial charge in [0, 0.05) is 0 Å². The van der Waals surface area contributed by atoms with Crippen molar-refractivity contribution in [3.8, 4) is 11.5 Å². The average Bonchev–Trinajstić information content (AvgIpc) is 2.77. The van der Waals surface area contributed by atoms with Crippen molar-refractivity contribution in [3.05, 3.63) is 59.7 Å². The average molecular weight is 493 g/mol. The lowest BCUT2D eigenvalue weighted by molar-refractivity contribution is -0.139. The monoisotopic (exact) mass is 493 g/mol. The smallest absolute Gasteiger partial charge is 0.408 e. The molecule has 2 aromatic rings. The Bertz CT molecular complexity index is 1230. The second kappa shape index (κ2) is 9.66. The number of likely N-dealkylation sites (tertiary alicyclic amines) is 1. The van der Waals surface area contributed by atoms with E-state index in [4.69, 9.17) is 4.74 Å². The van der Waals surface area contributed by atoms with Crippen LogP contribution in [0.1, 0.15) is 16.4 Å². The molecule has 2 atom stereocenters. The van der Waals surface area contributed by atoms with Crippen LogP contribution in [0.4, 0.5) is 9.59 Å². The van der Waals surface area contributed by atoms with Crippen LogP contribution >= 0.6 is 0 Å². The van der Waals surface area contributed by atoms with Crippen LogP contribution in [0.2, 0.25) is 0 Å². The summed E-state index contributed by atoms with van der Waals surface area (Å²) in [5.74, 6) is -4.18. The summed E-state index contributed by atoms with van der Waals surface area (Å²) in [5, 5.41) is 28.1. The maximum absolute atomic E-state index is 12.5. The number of nitrogens with one attached hydrogen (secondary N) is 2. The molecule has 1 saturated heterocycles. The van der Waals surface area contributed by atoms with Crippen molar-refractivity contribution in [2.24, 2.45) is 0 Å². The number of phenolic OH excluding ortho intramolecular Hbond substituents is 2. The Morgan fingerprint density at radius 3 is 2.35 bits per heavy atom. The number of hydrogen-bond donors (Lipinski definition) is 5. The Morgan fingerprint density at radius 1 is 1.09 bits per heavy atom. The molecule has 0 spiro atoms. The van der Waals surface area contributed by atoms with Gasteiger partial charge >= 0.3 is 18.1 Å². The van der Waals surface area contributed by atoms with Crippen molar-refractivity contribution in [2.75, 3.05) is 6.54 Å². The van der Waals surface area contributed by atoms with Gasteiger partial charge in [0.25, 0.3) is 15.9 Å². The number of benzene rings is 2. The number of carbonyl (C=O) groups is 4. The van der Waals surface area contributed by atoms with Crippen molar-refractivity contribution >= 4 is 34.0 Å². The highest BCUT2D eigenvalue weighted by Crippen LogP contribution is 2.31. The summed E-state index contributed by atoms with van der Waals surface area (Å²) in [4.78, 5) is 48.3. The summed E-state index contributed by atoms with van der Waals surface area (Å²) < 4.78 is 31.5. The van der Waals surface area contributed by atoms with E-state index in [0.29, 0.717) is 16.5 Å². The Balaban J connectivity index is 1.58. The van der Waals surface area contributed by atoms with Gasteiger partial charge in [0.15, 0.2) is 11.5 Å². The molecule has 1 unspecified atom stereocenters. The molecule has 1 heterocycles. The highest BCUT2D eigenvalue weighted by atomic mass is 32.2. The number of phenols is 2. The lowest BCUT2D eigenvalue weighted by Crippen LogP contribution is -2.67. The Labute approximate surface area is 192 Å². The predicted molar refractivity (Wildman–Crippen MR) is 113 cm³/mol. The SMILES string of the molecule is O=C(N[C@H]1CN(C(=O)NS(=O)(=O)C(C(=O)O)c2ccc(O)c(O)c2)C1=O)OCc1ccccc1. The van der Waals surface area contributed by atoms with Crippen molar-refractivity contribution in [2.45, 2.75) is 17.9 Å². The van der Waals surface area contributed by atoms with E-state index in [9.17, 15) is 42.9 Å². The first kappa shape index (κ1) is 24.3. The van der Waals surface area contributed by atoms with Crippen LogP contribution in [0.3, 0.4) is 0 Å². The minimum Gasteiger partial charge on any atom is -0.504 e. The van der Waals surface area contributed by atoms with E-state index < -0.39 is 62.4 Å². The first-order valence-corrected chi connectivity index (χ1v) is 11.1. The van der Waals surface area contributed by atoms with Crippen molar-refractivity contribution in [1.82, 2.24) is 14.9 Å². The zero-order chi connectivity index (χ0) is 25.0. The van der Waals surface area contributed by atoms with Gasteiger partial charge in [-0.05, 0) is 23.3 Å². The molecule has 0 radical (unpaired) electrons. The van der Waals surface area contributed by atoms with E-state index in [1.54, 1.807) is 30.3 Å². The predicted octanol–water partition coefficient (Wildman–Crippen LogP) is 0.400. The van der Waals surface area contributed by atoms with Crippen LogP contribution in [0.25, 0.3) is 0 Å². The van der Waals surface area contributed by atoms with E-state index in [1.807, 2.05) is 0 Å². The number of nitrogens with zero attached hydrogens (tertiary/aromatic N) is 1. The Hall–Kier alpha value is -4.33. The fourth-order valence-electron chi connectivity index (χ4n) is 3.02. The molecule has 0 aromatic heterocycles. The van der Waals surface area contributed by atoms with E-state index >= 15 is 0 Å². The minimum atomic E-state index is -4.93. The van der Waals surface area contributed by atoms with Crippen LogP contribution in [0, 0.1) is 0 Å². The first-order chi connectivity index (χ1) is 16.0. The maximum Gasteiger partial charge on any atom is 0.408 e. The summed E-state index contributed by atoms with van der Waals surface area (Å²) in [7, 11) is -4.93. The third-order valence-corrected chi connectivity index (χ3v) is 6.30. The van der Waals surface area contributed by atoms with Crippen molar-refractivity contribution in [3.63, 3.8) is 0 Å². The number of ether oxygens (including phenoxy) is 1. The number of carbonyl (C=O) groups excluding carboxylic acids is 3. The Morgan fingerprint density at radius 2 is 1.76 bits per heavy atom. The molecule has 3 rings (SSSR count). The molecule has 2 aromatic carbocycles. The normalized spacial score (nSPS) is 16.2. The molecule has 13 nitrogen and oxygen atoms in total. The number of aliphatic carboxylic acids is 1. The fraction of sp³-hybridized carbons (Fsp3) is 0.200. The molecule has 5 N–H and O–H groups in total. The number of alkyl carbamates (subject to hydrolysis) is 1. The third-order valence-electron chi connectivity index (χ3n) is 4.75. The molecule has 0 saturated carbocycles. The van der Waals surface area contributed by atoms with Gasteiger partial charge in [0.1, 0.15) is 12.6 Å². The number of carboxylic acids is 1. The summed E-state index contributed by atoms with van der Waals surface area (Å²) >= 11 is 0. The Kier molecular flexibility index (Phi) is 6.91. The molecular weight excluding hydrogens is 474 g/mol.